The van der Waals surface area contributed by atoms with Crippen molar-refractivity contribution in [3.05, 3.63) is 0 Å². The number of aliphatic hydroxyl groups excluding tert-OH is 1. The van der Waals surface area contributed by atoms with Crippen LogP contribution in [0.15, 0.2) is 0 Å². The molecule has 1 fully saturated rings. The molecular weight excluding hydrogens is 214 g/mol. The lowest BCUT2D eigenvalue weighted by molar-refractivity contribution is 0.117. The van der Waals surface area contributed by atoms with Gasteiger partial charge in [-0.3, -0.25) is 0 Å². The molecular formula is C13H29N3O. The van der Waals surface area contributed by atoms with Gasteiger partial charge in [0.15, 0.2) is 0 Å². The Bertz CT molecular complexity index is 193. The van der Waals surface area contributed by atoms with Crippen LogP contribution in [0.5, 0.6) is 0 Å². The summed E-state index contributed by atoms with van der Waals surface area (Å²) >= 11 is 0. The molecule has 4 nitrogen and oxygen atoms in total. The van der Waals surface area contributed by atoms with E-state index in [2.05, 4.69) is 36.0 Å². The van der Waals surface area contributed by atoms with Crippen LogP contribution in [-0.2, 0) is 0 Å². The van der Waals surface area contributed by atoms with Crippen LogP contribution in [0, 0.1) is 0 Å². The van der Waals surface area contributed by atoms with Crippen LogP contribution in [0.25, 0.3) is 0 Å². The molecule has 1 saturated heterocycles. The predicted octanol–water partition coefficient (Wildman–Crippen LogP) is 0.373. The van der Waals surface area contributed by atoms with Gasteiger partial charge in [-0.15, -0.1) is 0 Å². The minimum Gasteiger partial charge on any atom is -0.390 e. The Morgan fingerprint density at radius 1 is 1.29 bits per heavy atom. The normalized spacial score (nSPS) is 19.4. The molecule has 0 aromatic heterocycles. The van der Waals surface area contributed by atoms with E-state index < -0.39 is 0 Å². The smallest absolute Gasteiger partial charge is 0.0791 e. The van der Waals surface area contributed by atoms with Gasteiger partial charge in [-0.1, -0.05) is 13.8 Å². The van der Waals surface area contributed by atoms with Crippen molar-refractivity contribution in [3.8, 4) is 0 Å². The van der Waals surface area contributed by atoms with Crippen LogP contribution < -0.4 is 5.32 Å². The molecule has 0 saturated carbocycles. The van der Waals surface area contributed by atoms with E-state index in [1.165, 1.54) is 25.9 Å². The number of likely N-dealkylation sites (tertiary alicyclic amines) is 1. The first-order chi connectivity index (χ1) is 8.08. The molecule has 1 atom stereocenters. The summed E-state index contributed by atoms with van der Waals surface area (Å²) in [6.45, 7) is 10.4. The van der Waals surface area contributed by atoms with Crippen molar-refractivity contribution in [2.45, 2.75) is 38.8 Å². The molecule has 0 spiro atoms. The second-order valence-corrected chi connectivity index (χ2v) is 5.53. The number of hydrogen-bond acceptors (Lipinski definition) is 4. The van der Waals surface area contributed by atoms with Crippen molar-refractivity contribution < 1.29 is 5.11 Å². The quantitative estimate of drug-likeness (QED) is 0.646. The third-order valence-corrected chi connectivity index (χ3v) is 3.28. The molecule has 102 valence electrons. The van der Waals surface area contributed by atoms with Crippen LogP contribution >= 0.6 is 0 Å². The topological polar surface area (TPSA) is 38.7 Å². The Labute approximate surface area is 106 Å². The van der Waals surface area contributed by atoms with E-state index in [1.54, 1.807) is 0 Å². The van der Waals surface area contributed by atoms with Gasteiger partial charge in [-0.05, 0) is 33.0 Å². The molecule has 0 bridgehead atoms. The number of aliphatic hydroxyl groups is 1. The van der Waals surface area contributed by atoms with Crippen molar-refractivity contribution in [2.24, 2.45) is 0 Å². The standard InChI is InChI=1S/C13H29N3O/c1-12(2)14-10-13(17)11-15(3)8-9-16-6-4-5-7-16/h12-14,17H,4-11H2,1-3H3. The number of nitrogens with zero attached hydrogens (tertiary/aromatic N) is 2. The monoisotopic (exact) mass is 243 g/mol. The fourth-order valence-corrected chi connectivity index (χ4v) is 2.21. The highest BCUT2D eigenvalue weighted by atomic mass is 16.3. The van der Waals surface area contributed by atoms with Crippen LogP contribution in [0.2, 0.25) is 0 Å². The third-order valence-electron chi connectivity index (χ3n) is 3.28. The van der Waals surface area contributed by atoms with Crippen molar-refractivity contribution in [3.63, 3.8) is 0 Å². The first-order valence-corrected chi connectivity index (χ1v) is 6.90. The van der Waals surface area contributed by atoms with Crippen LogP contribution in [0.4, 0.5) is 0 Å². The SMILES string of the molecule is CC(C)NCC(O)CN(C)CCN1CCCC1. The predicted molar refractivity (Wildman–Crippen MR) is 72.3 cm³/mol. The summed E-state index contributed by atoms with van der Waals surface area (Å²) < 4.78 is 0. The van der Waals surface area contributed by atoms with E-state index in [1.807, 2.05) is 0 Å². The zero-order valence-electron chi connectivity index (χ0n) is 11.7. The number of nitrogens with one attached hydrogen (secondary N) is 1. The van der Waals surface area contributed by atoms with Crippen LogP contribution in [-0.4, -0.2) is 73.4 Å². The van der Waals surface area contributed by atoms with E-state index in [0.717, 1.165) is 19.6 Å². The molecule has 1 aliphatic rings. The Balaban J connectivity index is 2.04. The van der Waals surface area contributed by atoms with Crippen LogP contribution in [0.3, 0.4) is 0 Å². The average molecular weight is 243 g/mol. The van der Waals surface area contributed by atoms with Gasteiger partial charge in [0.25, 0.3) is 0 Å². The Morgan fingerprint density at radius 2 is 1.94 bits per heavy atom. The molecule has 1 unspecified atom stereocenters. The molecule has 1 rings (SSSR count). The van der Waals surface area contributed by atoms with Gasteiger partial charge in [-0.2, -0.15) is 0 Å². The molecule has 0 aliphatic carbocycles. The van der Waals surface area contributed by atoms with Gasteiger partial charge in [0.05, 0.1) is 6.10 Å². The minimum absolute atomic E-state index is 0.263. The van der Waals surface area contributed by atoms with Gasteiger partial charge < -0.3 is 20.2 Å². The summed E-state index contributed by atoms with van der Waals surface area (Å²) in [6.07, 6.45) is 2.44. The molecule has 0 radical (unpaired) electrons. The summed E-state index contributed by atoms with van der Waals surface area (Å²) in [7, 11) is 2.09. The molecule has 17 heavy (non-hydrogen) atoms. The first-order valence-electron chi connectivity index (χ1n) is 6.90. The number of hydrogen-bond donors (Lipinski definition) is 2. The molecule has 0 aromatic carbocycles. The second-order valence-electron chi connectivity index (χ2n) is 5.53. The van der Waals surface area contributed by atoms with Gasteiger partial charge in [0.1, 0.15) is 0 Å². The van der Waals surface area contributed by atoms with E-state index in [-0.39, 0.29) is 6.10 Å². The lowest BCUT2D eigenvalue weighted by Gasteiger charge is -2.24. The first kappa shape index (κ1) is 14.9. The van der Waals surface area contributed by atoms with E-state index in [0.29, 0.717) is 12.6 Å². The van der Waals surface area contributed by atoms with Crippen molar-refractivity contribution in [1.82, 2.24) is 15.1 Å². The van der Waals surface area contributed by atoms with Gasteiger partial charge in [0, 0.05) is 32.2 Å². The Kier molecular flexibility index (Phi) is 7.04. The molecule has 0 amide bonds. The van der Waals surface area contributed by atoms with E-state index in [4.69, 9.17) is 0 Å². The maximum absolute atomic E-state index is 9.84. The van der Waals surface area contributed by atoms with Gasteiger partial charge in [-0.25, -0.2) is 0 Å². The zero-order chi connectivity index (χ0) is 12.7. The Morgan fingerprint density at radius 3 is 2.53 bits per heavy atom. The summed E-state index contributed by atoms with van der Waals surface area (Å²) in [5, 5.41) is 13.1. The highest BCUT2D eigenvalue weighted by Crippen LogP contribution is 2.06. The number of rotatable bonds is 8. The molecule has 2 N–H and O–H groups in total. The summed E-state index contributed by atoms with van der Waals surface area (Å²) in [6, 6.07) is 0.444. The minimum atomic E-state index is -0.263. The molecule has 1 heterocycles. The van der Waals surface area contributed by atoms with E-state index in [9.17, 15) is 5.11 Å². The zero-order valence-corrected chi connectivity index (χ0v) is 11.7. The van der Waals surface area contributed by atoms with Crippen molar-refractivity contribution in [2.75, 3.05) is 46.3 Å². The third kappa shape index (κ3) is 6.99. The second kappa shape index (κ2) is 8.03. The van der Waals surface area contributed by atoms with Crippen molar-refractivity contribution in [1.29, 1.82) is 0 Å². The Hall–Kier alpha value is -0.160. The van der Waals surface area contributed by atoms with Crippen molar-refractivity contribution >= 4 is 0 Å². The number of likely N-dealkylation sites (N-methyl/N-ethyl adjacent to an activating group) is 1. The average Bonchev–Trinajstić information content (AvgIpc) is 2.76. The fourth-order valence-electron chi connectivity index (χ4n) is 2.21. The summed E-state index contributed by atoms with van der Waals surface area (Å²) in [5.41, 5.74) is 0. The maximum atomic E-state index is 9.84. The molecule has 0 aromatic rings. The summed E-state index contributed by atoms with van der Waals surface area (Å²) in [5.74, 6) is 0. The lowest BCUT2D eigenvalue weighted by Crippen LogP contribution is -2.41. The largest absolute Gasteiger partial charge is 0.390 e. The fraction of sp³-hybridized carbons (Fsp3) is 1.00. The maximum Gasteiger partial charge on any atom is 0.0791 e. The van der Waals surface area contributed by atoms with Gasteiger partial charge in [0.2, 0.25) is 0 Å². The van der Waals surface area contributed by atoms with Crippen LogP contribution in [0.1, 0.15) is 26.7 Å². The molecule has 4 heteroatoms. The highest BCUT2D eigenvalue weighted by molar-refractivity contribution is 4.70. The van der Waals surface area contributed by atoms with E-state index >= 15 is 0 Å². The summed E-state index contributed by atoms with van der Waals surface area (Å²) in [4.78, 5) is 4.74. The van der Waals surface area contributed by atoms with Gasteiger partial charge >= 0.3 is 0 Å². The molecule has 1 aliphatic heterocycles. The lowest BCUT2D eigenvalue weighted by atomic mass is 10.3. The highest BCUT2D eigenvalue weighted by Gasteiger charge is 2.13.